The Hall–Kier alpha value is -3.60. The predicted octanol–water partition coefficient (Wildman–Crippen LogP) is 4.14. The average Bonchev–Trinajstić information content (AvgIpc) is 2.69. The van der Waals surface area contributed by atoms with Gasteiger partial charge in [0.2, 0.25) is 5.88 Å². The molecule has 0 aliphatic rings. The van der Waals surface area contributed by atoms with Crippen molar-refractivity contribution in [2.24, 2.45) is 0 Å². The largest absolute Gasteiger partial charge is 0.481 e. The lowest BCUT2D eigenvalue weighted by Gasteiger charge is -2.18. The smallest absolute Gasteiger partial charge is 0.213 e. The van der Waals surface area contributed by atoms with Crippen LogP contribution in [-0.2, 0) is 0 Å². The first-order valence-corrected chi connectivity index (χ1v) is 8.23. The second-order valence-corrected chi connectivity index (χ2v) is 5.80. The van der Waals surface area contributed by atoms with E-state index >= 15 is 0 Å². The first-order valence-electron chi connectivity index (χ1n) is 8.23. The summed E-state index contributed by atoms with van der Waals surface area (Å²) in [5.74, 6) is 1.09. The van der Waals surface area contributed by atoms with E-state index in [1.165, 1.54) is 7.11 Å². The number of ether oxygens (including phenoxy) is 1. The van der Waals surface area contributed by atoms with E-state index in [1.807, 2.05) is 65.2 Å². The maximum Gasteiger partial charge on any atom is 0.213 e. The molecule has 0 fully saturated rings. The summed E-state index contributed by atoms with van der Waals surface area (Å²) < 4.78 is 7.16. The fraction of sp³-hybridized carbons (Fsp3) is 0.0476. The van der Waals surface area contributed by atoms with Crippen LogP contribution in [0.25, 0.3) is 16.6 Å². The number of aromatic nitrogens is 2. The molecule has 4 aromatic rings. The summed E-state index contributed by atoms with van der Waals surface area (Å²) >= 11 is 0. The maximum absolute atomic E-state index is 12.7. The molecule has 0 unspecified atom stereocenters. The monoisotopic (exact) mass is 343 g/mol. The van der Waals surface area contributed by atoms with Gasteiger partial charge >= 0.3 is 0 Å². The fourth-order valence-corrected chi connectivity index (χ4v) is 2.93. The van der Waals surface area contributed by atoms with Crippen molar-refractivity contribution in [2.45, 2.75) is 0 Å². The summed E-state index contributed by atoms with van der Waals surface area (Å²) in [6.07, 6.45) is 1.67. The molecule has 0 aliphatic heterocycles. The number of para-hydroxylation sites is 2. The Balaban J connectivity index is 2.00. The van der Waals surface area contributed by atoms with Gasteiger partial charge < -0.3 is 10.1 Å². The Morgan fingerprint density at radius 2 is 1.65 bits per heavy atom. The molecule has 0 aliphatic carbocycles. The van der Waals surface area contributed by atoms with Crippen molar-refractivity contribution in [3.8, 4) is 11.6 Å². The van der Waals surface area contributed by atoms with Gasteiger partial charge in [0.25, 0.3) is 0 Å². The number of hydrogen-bond acceptors (Lipinski definition) is 4. The highest BCUT2D eigenvalue weighted by Crippen LogP contribution is 2.26. The van der Waals surface area contributed by atoms with Gasteiger partial charge in [-0.05, 0) is 24.3 Å². The van der Waals surface area contributed by atoms with Crippen LogP contribution in [-0.4, -0.2) is 16.7 Å². The topological polar surface area (TPSA) is 56.1 Å². The van der Waals surface area contributed by atoms with Crippen LogP contribution in [0.3, 0.4) is 0 Å². The van der Waals surface area contributed by atoms with Gasteiger partial charge in [-0.2, -0.15) is 0 Å². The van der Waals surface area contributed by atoms with Gasteiger partial charge in [0, 0.05) is 23.5 Å². The summed E-state index contributed by atoms with van der Waals surface area (Å²) in [5.41, 5.74) is 2.45. The van der Waals surface area contributed by atoms with E-state index in [1.54, 1.807) is 18.3 Å². The molecule has 2 heterocycles. The first kappa shape index (κ1) is 15.9. The van der Waals surface area contributed by atoms with Crippen LogP contribution in [0.2, 0.25) is 0 Å². The zero-order valence-electron chi connectivity index (χ0n) is 14.2. The highest BCUT2D eigenvalue weighted by molar-refractivity contribution is 5.84. The summed E-state index contributed by atoms with van der Waals surface area (Å²) in [6.45, 7) is 0. The van der Waals surface area contributed by atoms with E-state index in [-0.39, 0.29) is 5.43 Å². The molecule has 0 atom stereocenters. The average molecular weight is 343 g/mol. The molecule has 0 amide bonds. The van der Waals surface area contributed by atoms with E-state index in [2.05, 4.69) is 10.3 Å². The first-order chi connectivity index (χ1) is 12.8. The Morgan fingerprint density at radius 1 is 0.962 bits per heavy atom. The molecule has 0 bridgehead atoms. The molecule has 5 nitrogen and oxygen atoms in total. The van der Waals surface area contributed by atoms with Crippen LogP contribution < -0.4 is 15.5 Å². The number of nitrogens with zero attached hydrogens (tertiary/aromatic N) is 2. The fourth-order valence-electron chi connectivity index (χ4n) is 2.93. The highest BCUT2D eigenvalue weighted by atomic mass is 16.5. The Bertz CT molecular complexity index is 1110. The Morgan fingerprint density at radius 3 is 2.35 bits per heavy atom. The lowest BCUT2D eigenvalue weighted by Crippen LogP contribution is -2.13. The quantitative estimate of drug-likeness (QED) is 0.605. The van der Waals surface area contributed by atoms with Gasteiger partial charge in [-0.25, -0.2) is 4.98 Å². The van der Waals surface area contributed by atoms with Crippen LogP contribution in [0.15, 0.2) is 83.8 Å². The third kappa shape index (κ3) is 2.91. The van der Waals surface area contributed by atoms with Gasteiger partial charge in [-0.15, -0.1) is 0 Å². The van der Waals surface area contributed by atoms with Crippen molar-refractivity contribution in [3.05, 3.63) is 89.2 Å². The predicted molar refractivity (Wildman–Crippen MR) is 104 cm³/mol. The van der Waals surface area contributed by atoms with Crippen molar-refractivity contribution in [3.63, 3.8) is 0 Å². The molecule has 5 heteroatoms. The molecule has 2 aromatic carbocycles. The van der Waals surface area contributed by atoms with Gasteiger partial charge in [0.1, 0.15) is 5.82 Å². The standard InChI is InChI=1S/C21H17N3O2/c1-26-21-12-17-18(14-22-21)24(16-10-6-3-7-11-16)20(13-19(17)25)23-15-8-4-2-5-9-15/h2-14,23H,1H3. The number of hydrogen-bond donors (Lipinski definition) is 1. The van der Waals surface area contributed by atoms with Crippen molar-refractivity contribution in [1.82, 2.24) is 9.55 Å². The molecule has 2 aromatic heterocycles. The normalized spacial score (nSPS) is 10.7. The van der Waals surface area contributed by atoms with E-state index in [0.29, 0.717) is 22.6 Å². The maximum atomic E-state index is 12.7. The summed E-state index contributed by atoms with van der Waals surface area (Å²) in [7, 11) is 1.54. The second kappa shape index (κ2) is 6.72. The molecule has 0 radical (unpaired) electrons. The molecular formula is C21H17N3O2. The van der Waals surface area contributed by atoms with Gasteiger partial charge in [0.15, 0.2) is 5.43 Å². The summed E-state index contributed by atoms with van der Waals surface area (Å²) in [6, 6.07) is 22.9. The van der Waals surface area contributed by atoms with Crippen LogP contribution in [0, 0.1) is 0 Å². The van der Waals surface area contributed by atoms with Crippen molar-refractivity contribution >= 4 is 22.4 Å². The molecule has 4 rings (SSSR count). The molecule has 0 saturated carbocycles. The number of anilines is 2. The molecule has 26 heavy (non-hydrogen) atoms. The Kier molecular flexibility index (Phi) is 4.11. The number of benzene rings is 2. The lowest BCUT2D eigenvalue weighted by molar-refractivity contribution is 0.398. The van der Waals surface area contributed by atoms with Crippen LogP contribution in [0.4, 0.5) is 11.5 Å². The minimum absolute atomic E-state index is 0.0914. The van der Waals surface area contributed by atoms with Crippen LogP contribution in [0.1, 0.15) is 0 Å². The molecule has 0 spiro atoms. The second-order valence-electron chi connectivity index (χ2n) is 5.80. The van der Waals surface area contributed by atoms with Gasteiger partial charge in [-0.3, -0.25) is 9.36 Å². The molecular weight excluding hydrogens is 326 g/mol. The van der Waals surface area contributed by atoms with E-state index in [9.17, 15) is 4.79 Å². The van der Waals surface area contributed by atoms with Crippen LogP contribution in [0.5, 0.6) is 5.88 Å². The number of fused-ring (bicyclic) bond motifs is 1. The van der Waals surface area contributed by atoms with Crippen molar-refractivity contribution in [2.75, 3.05) is 12.4 Å². The number of methoxy groups -OCH3 is 1. The van der Waals surface area contributed by atoms with Gasteiger partial charge in [-0.1, -0.05) is 36.4 Å². The third-order valence-electron chi connectivity index (χ3n) is 4.14. The molecule has 128 valence electrons. The minimum Gasteiger partial charge on any atom is -0.481 e. The van der Waals surface area contributed by atoms with Crippen molar-refractivity contribution < 1.29 is 4.74 Å². The number of rotatable bonds is 4. The Labute approximate surface area is 150 Å². The van der Waals surface area contributed by atoms with E-state index in [0.717, 1.165) is 11.4 Å². The van der Waals surface area contributed by atoms with Gasteiger partial charge in [0.05, 0.1) is 24.2 Å². The lowest BCUT2D eigenvalue weighted by atomic mass is 10.2. The number of pyridine rings is 2. The van der Waals surface area contributed by atoms with E-state index in [4.69, 9.17) is 4.74 Å². The highest BCUT2D eigenvalue weighted by Gasteiger charge is 2.12. The SMILES string of the molecule is COc1cc2c(=O)cc(Nc3ccccc3)n(-c3ccccc3)c2cn1. The zero-order chi connectivity index (χ0) is 17.9. The van der Waals surface area contributed by atoms with E-state index < -0.39 is 0 Å². The molecule has 1 N–H and O–H groups in total. The van der Waals surface area contributed by atoms with Crippen LogP contribution >= 0.6 is 0 Å². The summed E-state index contributed by atoms with van der Waals surface area (Å²) in [5, 5.41) is 3.89. The summed E-state index contributed by atoms with van der Waals surface area (Å²) in [4.78, 5) is 17.0. The third-order valence-corrected chi connectivity index (χ3v) is 4.14. The van der Waals surface area contributed by atoms with Crippen molar-refractivity contribution in [1.29, 1.82) is 0 Å². The zero-order valence-corrected chi connectivity index (χ0v) is 14.2. The molecule has 0 saturated heterocycles. The number of nitrogens with one attached hydrogen (secondary N) is 1. The minimum atomic E-state index is -0.0914.